The van der Waals surface area contributed by atoms with Crippen LogP contribution >= 0.6 is 11.8 Å². The van der Waals surface area contributed by atoms with E-state index in [4.69, 9.17) is 10.5 Å². The lowest BCUT2D eigenvalue weighted by atomic mass is 10.2. The third-order valence-corrected chi connectivity index (χ3v) is 3.89. The number of carbonyl (C=O) groups excluding carboxylic acids is 1. The fourth-order valence-corrected chi connectivity index (χ4v) is 2.65. The second-order valence-corrected chi connectivity index (χ2v) is 5.47. The van der Waals surface area contributed by atoms with E-state index in [0.29, 0.717) is 17.9 Å². The number of hydrogen-bond donors (Lipinski definition) is 1. The van der Waals surface area contributed by atoms with Crippen molar-refractivity contribution in [2.45, 2.75) is 23.6 Å². The van der Waals surface area contributed by atoms with Crippen molar-refractivity contribution in [2.75, 3.05) is 12.3 Å². The average molecular weight is 287 g/mol. The summed E-state index contributed by atoms with van der Waals surface area (Å²) in [5.74, 6) is -0.378. The molecule has 0 unspecified atom stereocenters. The van der Waals surface area contributed by atoms with Crippen molar-refractivity contribution in [3.05, 3.63) is 53.6 Å². The zero-order valence-electron chi connectivity index (χ0n) is 11.6. The van der Waals surface area contributed by atoms with E-state index in [1.165, 1.54) is 17.3 Å². The summed E-state index contributed by atoms with van der Waals surface area (Å²) in [6.45, 7) is 4.16. The van der Waals surface area contributed by atoms with E-state index in [0.717, 1.165) is 9.79 Å². The van der Waals surface area contributed by atoms with E-state index in [1.54, 1.807) is 13.0 Å². The number of carbonyl (C=O) groups is 1. The third-order valence-electron chi connectivity index (χ3n) is 2.81. The Labute approximate surface area is 123 Å². The molecule has 0 fully saturated rings. The van der Waals surface area contributed by atoms with E-state index in [-0.39, 0.29) is 5.97 Å². The van der Waals surface area contributed by atoms with E-state index < -0.39 is 0 Å². The van der Waals surface area contributed by atoms with Gasteiger partial charge in [-0.15, -0.1) is 0 Å². The summed E-state index contributed by atoms with van der Waals surface area (Å²) >= 11 is 1.54. The highest BCUT2D eigenvalue weighted by Gasteiger charge is 2.13. The molecule has 0 spiro atoms. The Balaban J connectivity index is 2.26. The fraction of sp³-hybridized carbons (Fsp3) is 0.188. The zero-order chi connectivity index (χ0) is 14.5. The number of nitrogen functional groups attached to an aromatic ring is 1. The first kappa shape index (κ1) is 14.5. The molecule has 0 bridgehead atoms. The van der Waals surface area contributed by atoms with Gasteiger partial charge in [0.25, 0.3) is 0 Å². The maximum atomic E-state index is 11.8. The quantitative estimate of drug-likeness (QED) is 0.684. The smallest absolute Gasteiger partial charge is 0.340 e. The molecule has 0 atom stereocenters. The number of nitrogens with two attached hydrogens (primary N) is 1. The van der Waals surface area contributed by atoms with Crippen LogP contribution in [0.25, 0.3) is 0 Å². The molecule has 0 aliphatic heterocycles. The van der Waals surface area contributed by atoms with Gasteiger partial charge in [0.2, 0.25) is 0 Å². The highest BCUT2D eigenvalue weighted by molar-refractivity contribution is 7.99. The first-order valence-corrected chi connectivity index (χ1v) is 7.23. The molecule has 0 aliphatic rings. The first-order chi connectivity index (χ1) is 9.61. The number of anilines is 1. The number of aryl methyl sites for hydroxylation is 1. The van der Waals surface area contributed by atoms with Crippen molar-refractivity contribution in [2.24, 2.45) is 0 Å². The van der Waals surface area contributed by atoms with Crippen molar-refractivity contribution >= 4 is 23.4 Å². The molecule has 2 aromatic rings. The van der Waals surface area contributed by atoms with Gasteiger partial charge in [-0.05, 0) is 38.1 Å². The summed E-state index contributed by atoms with van der Waals surface area (Å²) in [6.07, 6.45) is 0. The predicted octanol–water partition coefficient (Wildman–Crippen LogP) is 3.91. The molecule has 0 heterocycles. The largest absolute Gasteiger partial charge is 0.462 e. The maximum Gasteiger partial charge on any atom is 0.340 e. The van der Waals surface area contributed by atoms with Gasteiger partial charge < -0.3 is 10.5 Å². The Hall–Kier alpha value is -1.94. The highest BCUT2D eigenvalue weighted by atomic mass is 32.2. The maximum absolute atomic E-state index is 11.8. The molecule has 104 valence electrons. The third kappa shape index (κ3) is 3.33. The van der Waals surface area contributed by atoms with Crippen LogP contribution < -0.4 is 5.73 Å². The fourth-order valence-electron chi connectivity index (χ4n) is 1.75. The van der Waals surface area contributed by atoms with E-state index >= 15 is 0 Å². The minimum Gasteiger partial charge on any atom is -0.462 e. The minimum atomic E-state index is -0.378. The Morgan fingerprint density at radius 3 is 2.55 bits per heavy atom. The average Bonchev–Trinajstić information content (AvgIpc) is 2.44. The number of hydrogen-bond acceptors (Lipinski definition) is 4. The molecule has 2 aromatic carbocycles. The molecule has 0 aromatic heterocycles. The molecule has 2 N–H and O–H groups in total. The van der Waals surface area contributed by atoms with Gasteiger partial charge in [0, 0.05) is 9.79 Å². The zero-order valence-corrected chi connectivity index (χ0v) is 12.4. The molecule has 0 saturated heterocycles. The van der Waals surface area contributed by atoms with Crippen molar-refractivity contribution in [3.8, 4) is 0 Å². The van der Waals surface area contributed by atoms with Crippen LogP contribution in [-0.2, 0) is 4.74 Å². The van der Waals surface area contributed by atoms with Gasteiger partial charge in [0.1, 0.15) is 0 Å². The Kier molecular flexibility index (Phi) is 4.69. The Bertz CT molecular complexity index is 608. The number of esters is 1. The molecular formula is C16H17NO2S. The van der Waals surface area contributed by atoms with E-state index in [9.17, 15) is 4.79 Å². The Morgan fingerprint density at radius 1 is 1.20 bits per heavy atom. The van der Waals surface area contributed by atoms with Crippen molar-refractivity contribution < 1.29 is 9.53 Å². The summed E-state index contributed by atoms with van der Waals surface area (Å²) in [7, 11) is 0. The van der Waals surface area contributed by atoms with Crippen LogP contribution in [0, 0.1) is 6.92 Å². The van der Waals surface area contributed by atoms with Gasteiger partial charge in [-0.2, -0.15) is 0 Å². The Morgan fingerprint density at radius 2 is 1.90 bits per heavy atom. The van der Waals surface area contributed by atoms with Crippen LogP contribution in [0.2, 0.25) is 0 Å². The van der Waals surface area contributed by atoms with Gasteiger partial charge >= 0.3 is 5.97 Å². The lowest BCUT2D eigenvalue weighted by Gasteiger charge is -2.10. The number of rotatable bonds is 4. The molecule has 2 rings (SSSR count). The molecule has 4 heteroatoms. The lowest BCUT2D eigenvalue weighted by Crippen LogP contribution is -2.08. The predicted molar refractivity (Wildman–Crippen MR) is 82.1 cm³/mol. The van der Waals surface area contributed by atoms with Crippen molar-refractivity contribution in [3.63, 3.8) is 0 Å². The van der Waals surface area contributed by atoms with Crippen LogP contribution in [0.4, 0.5) is 5.69 Å². The number of ether oxygens (including phenoxy) is 1. The van der Waals surface area contributed by atoms with Crippen LogP contribution in [0.5, 0.6) is 0 Å². The van der Waals surface area contributed by atoms with Gasteiger partial charge in [0.05, 0.1) is 17.9 Å². The van der Waals surface area contributed by atoms with Gasteiger partial charge in [-0.1, -0.05) is 35.5 Å². The van der Waals surface area contributed by atoms with Gasteiger partial charge in [0.15, 0.2) is 0 Å². The summed E-state index contributed by atoms with van der Waals surface area (Å²) in [5, 5.41) is 0. The standard InChI is InChI=1S/C16H17NO2S/c1-3-19-16(18)13-5-4-6-14(15(13)17)20-12-9-7-11(2)8-10-12/h4-10H,3,17H2,1-2H3. The summed E-state index contributed by atoms with van der Waals surface area (Å²) in [6, 6.07) is 13.6. The number of para-hydroxylation sites is 1. The van der Waals surface area contributed by atoms with Crippen molar-refractivity contribution in [1.29, 1.82) is 0 Å². The van der Waals surface area contributed by atoms with Crippen molar-refractivity contribution in [1.82, 2.24) is 0 Å². The first-order valence-electron chi connectivity index (χ1n) is 6.42. The van der Waals surface area contributed by atoms with Crippen LogP contribution in [-0.4, -0.2) is 12.6 Å². The normalized spacial score (nSPS) is 10.3. The summed E-state index contributed by atoms with van der Waals surface area (Å²) in [5.41, 5.74) is 8.17. The van der Waals surface area contributed by atoms with Gasteiger partial charge in [-0.3, -0.25) is 0 Å². The number of benzene rings is 2. The minimum absolute atomic E-state index is 0.341. The molecular weight excluding hydrogens is 270 g/mol. The monoisotopic (exact) mass is 287 g/mol. The second-order valence-electron chi connectivity index (χ2n) is 4.35. The van der Waals surface area contributed by atoms with Crippen LogP contribution in [0.3, 0.4) is 0 Å². The summed E-state index contributed by atoms with van der Waals surface area (Å²) in [4.78, 5) is 13.8. The molecule has 0 saturated carbocycles. The van der Waals surface area contributed by atoms with E-state index in [2.05, 4.69) is 0 Å². The van der Waals surface area contributed by atoms with Crippen LogP contribution in [0.15, 0.2) is 52.3 Å². The molecule has 0 aliphatic carbocycles. The summed E-state index contributed by atoms with van der Waals surface area (Å²) < 4.78 is 5.00. The molecule has 0 amide bonds. The topological polar surface area (TPSA) is 52.3 Å². The lowest BCUT2D eigenvalue weighted by molar-refractivity contribution is 0.0527. The highest BCUT2D eigenvalue weighted by Crippen LogP contribution is 2.34. The molecule has 0 radical (unpaired) electrons. The van der Waals surface area contributed by atoms with E-state index in [1.807, 2.05) is 43.3 Å². The van der Waals surface area contributed by atoms with Crippen LogP contribution in [0.1, 0.15) is 22.8 Å². The molecule has 20 heavy (non-hydrogen) atoms. The second kappa shape index (κ2) is 6.48. The van der Waals surface area contributed by atoms with Gasteiger partial charge in [-0.25, -0.2) is 4.79 Å². The molecule has 3 nitrogen and oxygen atoms in total. The SMILES string of the molecule is CCOC(=O)c1cccc(Sc2ccc(C)cc2)c1N.